The summed E-state index contributed by atoms with van der Waals surface area (Å²) in [5.74, 6) is 0. The molecule has 11 rings (SSSR count). The Bertz CT molecular complexity index is 3110. The first-order chi connectivity index (χ1) is 26.8. The Kier molecular flexibility index (Phi) is 6.68. The first-order valence-corrected chi connectivity index (χ1v) is 18.5. The summed E-state index contributed by atoms with van der Waals surface area (Å²) in [5.41, 5.74) is 15.8. The second kappa shape index (κ2) is 11.9. The molecule has 0 fully saturated rings. The van der Waals surface area contributed by atoms with E-state index in [-0.39, 0.29) is 0 Å². The quantitative estimate of drug-likeness (QED) is 0.181. The summed E-state index contributed by atoms with van der Waals surface area (Å²) in [6.07, 6.45) is 0. The molecule has 0 bridgehead atoms. The zero-order valence-electron chi connectivity index (χ0n) is 29.3. The van der Waals surface area contributed by atoms with Crippen LogP contribution in [0.15, 0.2) is 188 Å². The topological polar surface area (TPSA) is 23.8 Å². The van der Waals surface area contributed by atoms with Crippen molar-refractivity contribution >= 4 is 43.1 Å². The minimum absolute atomic E-state index is 0.680. The summed E-state index contributed by atoms with van der Waals surface area (Å²) in [5, 5.41) is 19.2. The maximum atomic E-state index is 9.42. The highest BCUT2D eigenvalue weighted by Gasteiger charge is 2.31. The molecule has 1 aliphatic carbocycles. The molecule has 0 aromatic heterocycles. The summed E-state index contributed by atoms with van der Waals surface area (Å²) < 4.78 is 0. The number of benzene rings is 10. The van der Waals surface area contributed by atoms with Crippen LogP contribution in [0.5, 0.6) is 0 Å². The van der Waals surface area contributed by atoms with Crippen LogP contribution >= 0.6 is 0 Å². The van der Waals surface area contributed by atoms with Gasteiger partial charge in [-0.15, -0.1) is 0 Å². The lowest BCUT2D eigenvalue weighted by Crippen LogP contribution is -1.93. The molecule has 0 unspecified atom stereocenters. The second-order valence-corrected chi connectivity index (χ2v) is 14.3. The van der Waals surface area contributed by atoms with Gasteiger partial charge in [0, 0.05) is 0 Å². The fraction of sp³-hybridized carbons (Fsp3) is 0. The van der Waals surface area contributed by atoms with Gasteiger partial charge >= 0.3 is 0 Å². The van der Waals surface area contributed by atoms with Crippen molar-refractivity contribution in [3.8, 4) is 72.8 Å². The molecule has 10 aromatic carbocycles. The largest absolute Gasteiger partial charge is 0.192 e. The number of rotatable bonds is 4. The van der Waals surface area contributed by atoms with Gasteiger partial charge in [-0.25, -0.2) is 0 Å². The van der Waals surface area contributed by atoms with E-state index in [4.69, 9.17) is 0 Å². The molecule has 1 nitrogen and oxygen atoms in total. The zero-order chi connectivity index (χ0) is 35.8. The lowest BCUT2D eigenvalue weighted by Gasteiger charge is -2.20. The maximum absolute atomic E-state index is 9.42. The molecule has 0 saturated heterocycles. The van der Waals surface area contributed by atoms with Crippen molar-refractivity contribution in [3.63, 3.8) is 0 Å². The van der Waals surface area contributed by atoms with E-state index in [1.165, 1.54) is 99.1 Å². The third-order valence-corrected chi connectivity index (χ3v) is 11.4. The molecular weight excluding hydrogens is 651 g/mol. The number of hydrogen-bond donors (Lipinski definition) is 0. The molecule has 1 aliphatic rings. The number of fused-ring (bicyclic) bond motifs is 6. The molecule has 54 heavy (non-hydrogen) atoms. The van der Waals surface area contributed by atoms with Gasteiger partial charge in [-0.2, -0.15) is 5.26 Å². The van der Waals surface area contributed by atoms with Crippen LogP contribution < -0.4 is 0 Å². The molecule has 0 aliphatic heterocycles. The van der Waals surface area contributed by atoms with E-state index < -0.39 is 0 Å². The van der Waals surface area contributed by atoms with Gasteiger partial charge in [-0.05, 0) is 128 Å². The SMILES string of the molecule is N#Cc1ccc2cc(-c3ccc(-c4ccc5c6c(cccc46)-c4c-5c(-c5ccccc5)c5ccccc5c4-c4ccccc4)c4ccccc34)ccc2c1. The Labute approximate surface area is 313 Å². The normalized spacial score (nSPS) is 11.7. The van der Waals surface area contributed by atoms with Gasteiger partial charge < -0.3 is 0 Å². The Morgan fingerprint density at radius 2 is 0.778 bits per heavy atom. The Morgan fingerprint density at radius 3 is 1.43 bits per heavy atom. The molecular formula is C53H31N. The highest BCUT2D eigenvalue weighted by Crippen LogP contribution is 2.58. The van der Waals surface area contributed by atoms with Crippen molar-refractivity contribution < 1.29 is 0 Å². The highest BCUT2D eigenvalue weighted by atomic mass is 14.3. The minimum Gasteiger partial charge on any atom is -0.192 e. The molecule has 0 amide bonds. The molecule has 248 valence electrons. The molecule has 0 radical (unpaired) electrons. The number of nitrogens with zero attached hydrogens (tertiary/aromatic N) is 1. The average Bonchev–Trinajstić information content (AvgIpc) is 3.57. The van der Waals surface area contributed by atoms with E-state index in [2.05, 4.69) is 176 Å². The van der Waals surface area contributed by atoms with Gasteiger partial charge in [0.1, 0.15) is 0 Å². The van der Waals surface area contributed by atoms with Crippen LogP contribution in [0.2, 0.25) is 0 Å². The van der Waals surface area contributed by atoms with Gasteiger partial charge in [0.15, 0.2) is 0 Å². The second-order valence-electron chi connectivity index (χ2n) is 14.3. The molecule has 10 aromatic rings. The van der Waals surface area contributed by atoms with Gasteiger partial charge in [-0.1, -0.05) is 170 Å². The Balaban J connectivity index is 1.18. The first-order valence-electron chi connectivity index (χ1n) is 18.5. The predicted octanol–water partition coefficient (Wildman–Crippen LogP) is 14.5. The molecule has 0 heterocycles. The standard InChI is InChI=1S/C53H31N/c54-32-33-22-23-37-31-38(25-24-36(37)30-33)39-26-27-42(41-17-8-7-16-40(39)41)43-28-29-48-51-44(43)20-11-21-47(51)52-49(34-12-3-1-4-13-34)45-18-9-10-19-46(45)50(53(48)52)35-14-5-2-6-15-35/h1-31H. The Morgan fingerprint density at radius 1 is 0.296 bits per heavy atom. The van der Waals surface area contributed by atoms with Crippen molar-refractivity contribution in [2.45, 2.75) is 0 Å². The van der Waals surface area contributed by atoms with Crippen LogP contribution in [-0.4, -0.2) is 0 Å². The van der Waals surface area contributed by atoms with E-state index in [1.54, 1.807) is 0 Å². The van der Waals surface area contributed by atoms with E-state index in [0.29, 0.717) is 5.56 Å². The summed E-state index contributed by atoms with van der Waals surface area (Å²) in [7, 11) is 0. The highest BCUT2D eigenvalue weighted by molar-refractivity contribution is 6.29. The van der Waals surface area contributed by atoms with Gasteiger partial charge in [0.2, 0.25) is 0 Å². The lowest BCUT2D eigenvalue weighted by molar-refractivity contribution is 1.50. The summed E-state index contributed by atoms with van der Waals surface area (Å²) in [4.78, 5) is 0. The van der Waals surface area contributed by atoms with Crippen molar-refractivity contribution in [2.24, 2.45) is 0 Å². The molecule has 0 N–H and O–H groups in total. The van der Waals surface area contributed by atoms with Crippen LogP contribution in [-0.2, 0) is 0 Å². The first kappa shape index (κ1) is 30.4. The van der Waals surface area contributed by atoms with E-state index in [1.807, 2.05) is 18.2 Å². The average molecular weight is 682 g/mol. The monoisotopic (exact) mass is 681 g/mol. The fourth-order valence-corrected chi connectivity index (χ4v) is 9.11. The fourth-order valence-electron chi connectivity index (χ4n) is 9.11. The summed E-state index contributed by atoms with van der Waals surface area (Å²) in [6, 6.07) is 70.5. The smallest absolute Gasteiger partial charge is 0.0991 e. The maximum Gasteiger partial charge on any atom is 0.0991 e. The van der Waals surface area contributed by atoms with Gasteiger partial charge in [0.05, 0.1) is 11.6 Å². The lowest BCUT2D eigenvalue weighted by atomic mass is 9.82. The zero-order valence-corrected chi connectivity index (χ0v) is 29.3. The van der Waals surface area contributed by atoms with E-state index >= 15 is 0 Å². The van der Waals surface area contributed by atoms with Crippen LogP contribution in [0.1, 0.15) is 5.56 Å². The summed E-state index contributed by atoms with van der Waals surface area (Å²) in [6.45, 7) is 0. The van der Waals surface area contributed by atoms with Crippen molar-refractivity contribution in [1.82, 2.24) is 0 Å². The van der Waals surface area contributed by atoms with E-state index in [9.17, 15) is 5.26 Å². The number of hydrogen-bond acceptors (Lipinski definition) is 1. The van der Waals surface area contributed by atoms with Gasteiger partial charge in [-0.3, -0.25) is 0 Å². The van der Waals surface area contributed by atoms with Crippen LogP contribution in [0, 0.1) is 11.3 Å². The van der Waals surface area contributed by atoms with Crippen LogP contribution in [0.25, 0.3) is 110 Å². The van der Waals surface area contributed by atoms with Crippen molar-refractivity contribution in [3.05, 3.63) is 194 Å². The Hall–Kier alpha value is -7.27. The predicted molar refractivity (Wildman–Crippen MR) is 227 cm³/mol. The molecule has 0 atom stereocenters. The molecule has 1 heteroatoms. The van der Waals surface area contributed by atoms with Crippen molar-refractivity contribution in [2.75, 3.05) is 0 Å². The molecule has 0 saturated carbocycles. The van der Waals surface area contributed by atoms with Crippen molar-refractivity contribution in [1.29, 1.82) is 5.26 Å². The van der Waals surface area contributed by atoms with E-state index in [0.717, 1.165) is 10.8 Å². The van der Waals surface area contributed by atoms with Crippen LogP contribution in [0.3, 0.4) is 0 Å². The third-order valence-electron chi connectivity index (χ3n) is 11.4. The minimum atomic E-state index is 0.680. The number of nitriles is 1. The third kappa shape index (κ3) is 4.44. The van der Waals surface area contributed by atoms with Gasteiger partial charge in [0.25, 0.3) is 0 Å². The van der Waals surface area contributed by atoms with Crippen LogP contribution in [0.4, 0.5) is 0 Å². The summed E-state index contributed by atoms with van der Waals surface area (Å²) >= 11 is 0. The molecule has 0 spiro atoms.